The highest BCUT2D eigenvalue weighted by atomic mass is 16.5. The molecule has 1 aliphatic carbocycles. The van der Waals surface area contributed by atoms with Gasteiger partial charge in [-0.1, -0.05) is 122 Å². The van der Waals surface area contributed by atoms with Crippen LogP contribution in [0, 0.1) is 0 Å². The maximum atomic E-state index is 14.2. The van der Waals surface area contributed by atoms with Crippen molar-refractivity contribution in [2.45, 2.75) is 36.9 Å². The van der Waals surface area contributed by atoms with Gasteiger partial charge in [-0.2, -0.15) is 0 Å². The fourth-order valence-corrected chi connectivity index (χ4v) is 6.44. The van der Waals surface area contributed by atoms with Crippen molar-refractivity contribution in [3.63, 3.8) is 0 Å². The third-order valence-electron chi connectivity index (χ3n) is 8.73. The van der Waals surface area contributed by atoms with Gasteiger partial charge in [0.2, 0.25) is 5.91 Å². The Labute approximate surface area is 300 Å². The molecular weight excluding hydrogens is 666 g/mol. The molecule has 1 aliphatic rings. The Morgan fingerprint density at radius 1 is 0.769 bits per heavy atom. The highest BCUT2D eigenvalue weighted by Crippen LogP contribution is 2.45. The quantitative estimate of drug-likeness (QED) is 0.0672. The molecule has 0 aromatic heterocycles. The number of carboxylic acid groups (broad SMARTS) is 2. The lowest BCUT2D eigenvalue weighted by atomic mass is 9.93. The topological polar surface area (TPSA) is 172 Å². The minimum absolute atomic E-state index is 0.0591. The van der Waals surface area contributed by atoms with E-state index in [1.54, 1.807) is 60.7 Å². The molecule has 12 nitrogen and oxygen atoms in total. The van der Waals surface area contributed by atoms with Crippen molar-refractivity contribution in [3.05, 3.63) is 144 Å². The van der Waals surface area contributed by atoms with Crippen molar-refractivity contribution in [1.29, 1.82) is 0 Å². The number of hydrogen-bond acceptors (Lipinski definition) is 8. The first kappa shape index (κ1) is 37.0. The lowest BCUT2D eigenvalue weighted by Gasteiger charge is -2.39. The molecule has 0 spiro atoms. The van der Waals surface area contributed by atoms with Crippen molar-refractivity contribution in [1.82, 2.24) is 15.5 Å². The van der Waals surface area contributed by atoms with Gasteiger partial charge in [-0.05, 0) is 33.4 Å². The zero-order valence-corrected chi connectivity index (χ0v) is 28.2. The van der Waals surface area contributed by atoms with E-state index >= 15 is 0 Å². The minimum Gasteiger partial charge on any atom is -0.480 e. The second-order valence-corrected chi connectivity index (χ2v) is 12.0. The monoisotopic (exact) mass is 705 g/mol. The highest BCUT2D eigenvalue weighted by Gasteiger charge is 2.43. The van der Waals surface area contributed by atoms with Crippen LogP contribution in [0.5, 0.6) is 0 Å². The fourth-order valence-electron chi connectivity index (χ4n) is 6.44. The van der Waals surface area contributed by atoms with Gasteiger partial charge in [-0.25, -0.2) is 9.59 Å². The Morgan fingerprint density at radius 2 is 1.35 bits per heavy atom. The predicted molar refractivity (Wildman–Crippen MR) is 191 cm³/mol. The highest BCUT2D eigenvalue weighted by molar-refractivity contribution is 5.93. The number of carbonyl (C=O) groups excluding carboxylic acids is 3. The number of hydrogen-bond donors (Lipinski definition) is 4. The minimum atomic E-state index is -1.65. The van der Waals surface area contributed by atoms with Crippen LogP contribution in [0.15, 0.2) is 122 Å². The molecule has 1 unspecified atom stereocenters. The molecule has 4 aromatic carbocycles. The first-order valence-electron chi connectivity index (χ1n) is 16.7. The van der Waals surface area contributed by atoms with E-state index < -0.39 is 60.7 Å². The summed E-state index contributed by atoms with van der Waals surface area (Å²) in [7, 11) is 0. The fraction of sp³-hybridized carbons (Fsp3) is 0.225. The van der Waals surface area contributed by atoms with Crippen LogP contribution in [0.3, 0.4) is 0 Å². The maximum Gasteiger partial charge on any atom is 0.407 e. The van der Waals surface area contributed by atoms with E-state index in [4.69, 9.17) is 9.47 Å². The Kier molecular flexibility index (Phi) is 12.5. The van der Waals surface area contributed by atoms with Gasteiger partial charge in [0.25, 0.3) is 0 Å². The molecule has 0 saturated carbocycles. The van der Waals surface area contributed by atoms with Crippen molar-refractivity contribution in [2.24, 2.45) is 0 Å². The average Bonchev–Trinajstić information content (AvgIpc) is 3.49. The number of carboxylic acids is 2. The SMILES string of the molecule is C=CCOC(=O)NCCC(=O)N(C(c1ccccc1)[C@@H](NCOC(=O)C1c2ccccc2-c2ccccc21)C(=O)O)[C@@H](Cc1ccccc1)C(=O)O. The number of benzene rings is 4. The molecular formula is C40H39N3O9. The molecule has 12 heteroatoms. The number of nitrogens with one attached hydrogen (secondary N) is 2. The lowest BCUT2D eigenvalue weighted by Crippen LogP contribution is -2.56. The third-order valence-corrected chi connectivity index (χ3v) is 8.73. The van der Waals surface area contributed by atoms with E-state index in [0.717, 1.165) is 27.2 Å². The number of rotatable bonds is 17. The molecule has 5 rings (SSSR count). The Hall–Kier alpha value is -6.27. The second-order valence-electron chi connectivity index (χ2n) is 12.0. The van der Waals surface area contributed by atoms with Gasteiger partial charge in [0.05, 0.1) is 6.04 Å². The van der Waals surface area contributed by atoms with Gasteiger partial charge in [0.15, 0.2) is 0 Å². The molecule has 0 saturated heterocycles. The summed E-state index contributed by atoms with van der Waals surface area (Å²) in [6, 6.07) is 27.2. The molecule has 0 bridgehead atoms. The number of amides is 2. The molecule has 4 aromatic rings. The standard InChI is InChI=1S/C40H39N3O9/c1-2-23-51-40(50)41-22-21-33(44)43(32(37(45)46)24-26-13-5-3-6-14-26)36(27-15-7-4-8-16-27)35(38(47)48)42-25-52-39(49)34-30-19-11-9-17-28(30)29-18-10-12-20-31(29)34/h2-20,32,34-36,42H,1,21-25H2,(H,41,50)(H,45,46)(H,47,48)/t32-,35+,36?/m0/s1. The summed E-state index contributed by atoms with van der Waals surface area (Å²) in [6.07, 6.45) is 0.0339. The maximum absolute atomic E-state index is 14.2. The van der Waals surface area contributed by atoms with Gasteiger partial charge in [0, 0.05) is 19.4 Å². The first-order valence-corrected chi connectivity index (χ1v) is 16.7. The Morgan fingerprint density at radius 3 is 1.92 bits per heavy atom. The summed E-state index contributed by atoms with van der Waals surface area (Å²) in [5.41, 5.74) is 4.23. The largest absolute Gasteiger partial charge is 0.480 e. The number of aliphatic carboxylic acids is 2. The molecule has 3 atom stereocenters. The molecule has 0 radical (unpaired) electrons. The normalized spacial score (nSPS) is 13.4. The van der Waals surface area contributed by atoms with Gasteiger partial charge >= 0.3 is 24.0 Å². The van der Waals surface area contributed by atoms with Crippen molar-refractivity contribution < 1.29 is 43.7 Å². The smallest absolute Gasteiger partial charge is 0.407 e. The van der Waals surface area contributed by atoms with Crippen LogP contribution in [0.4, 0.5) is 4.79 Å². The van der Waals surface area contributed by atoms with Gasteiger partial charge < -0.3 is 29.9 Å². The van der Waals surface area contributed by atoms with Crippen LogP contribution < -0.4 is 10.6 Å². The summed E-state index contributed by atoms with van der Waals surface area (Å²) in [4.78, 5) is 67.0. The predicted octanol–water partition coefficient (Wildman–Crippen LogP) is 4.91. The molecule has 4 N–H and O–H groups in total. The number of fused-ring (bicyclic) bond motifs is 3. The molecule has 0 aliphatic heterocycles. The van der Waals surface area contributed by atoms with Crippen molar-refractivity contribution >= 4 is 29.9 Å². The van der Waals surface area contributed by atoms with Crippen LogP contribution in [0.1, 0.15) is 40.6 Å². The summed E-state index contributed by atoms with van der Waals surface area (Å²) in [5.74, 6) is -4.89. The van der Waals surface area contributed by atoms with Crippen molar-refractivity contribution in [2.75, 3.05) is 19.9 Å². The zero-order valence-electron chi connectivity index (χ0n) is 28.2. The van der Waals surface area contributed by atoms with Crippen LogP contribution in [-0.4, -0.2) is 77.0 Å². The van der Waals surface area contributed by atoms with Crippen LogP contribution in [-0.2, 0) is 35.1 Å². The van der Waals surface area contributed by atoms with E-state index in [0.29, 0.717) is 11.1 Å². The van der Waals surface area contributed by atoms with E-state index in [-0.39, 0.29) is 26.0 Å². The van der Waals surface area contributed by atoms with Crippen LogP contribution in [0.25, 0.3) is 11.1 Å². The van der Waals surface area contributed by atoms with Gasteiger partial charge in [0.1, 0.15) is 31.3 Å². The molecule has 2 amide bonds. The zero-order chi connectivity index (χ0) is 37.0. The molecule has 0 fully saturated rings. The summed E-state index contributed by atoms with van der Waals surface area (Å²) in [5, 5.41) is 26.5. The number of ether oxygens (including phenoxy) is 2. The van der Waals surface area contributed by atoms with Gasteiger partial charge in [-0.15, -0.1) is 0 Å². The third kappa shape index (κ3) is 8.71. The number of nitrogens with zero attached hydrogens (tertiary/aromatic N) is 1. The van der Waals surface area contributed by atoms with Crippen molar-refractivity contribution in [3.8, 4) is 11.1 Å². The number of carbonyl (C=O) groups is 5. The van der Waals surface area contributed by atoms with Gasteiger partial charge in [-0.3, -0.25) is 19.7 Å². The average molecular weight is 706 g/mol. The van der Waals surface area contributed by atoms with Crippen LogP contribution in [0.2, 0.25) is 0 Å². The summed E-state index contributed by atoms with van der Waals surface area (Å²) < 4.78 is 10.6. The number of esters is 1. The van der Waals surface area contributed by atoms with E-state index in [2.05, 4.69) is 17.2 Å². The summed E-state index contributed by atoms with van der Waals surface area (Å²) >= 11 is 0. The molecule has 0 heterocycles. The van der Waals surface area contributed by atoms with Crippen LogP contribution >= 0.6 is 0 Å². The Bertz CT molecular complexity index is 1860. The second kappa shape index (κ2) is 17.6. The van der Waals surface area contributed by atoms with E-state index in [9.17, 15) is 34.2 Å². The lowest BCUT2D eigenvalue weighted by molar-refractivity contribution is -0.157. The first-order chi connectivity index (χ1) is 25.2. The molecule has 268 valence electrons. The van der Waals surface area contributed by atoms with E-state index in [1.807, 2.05) is 48.5 Å². The number of alkyl carbamates (subject to hydrolysis) is 1. The van der Waals surface area contributed by atoms with E-state index in [1.165, 1.54) is 6.08 Å². The Balaban J connectivity index is 1.45. The molecule has 52 heavy (non-hydrogen) atoms. The summed E-state index contributed by atoms with van der Waals surface area (Å²) in [6.45, 7) is 2.64.